The van der Waals surface area contributed by atoms with Crippen molar-refractivity contribution in [1.82, 2.24) is 5.16 Å². The molecule has 0 aromatic carbocycles. The molecule has 1 N–H and O–H groups in total. The van der Waals surface area contributed by atoms with Crippen LogP contribution in [0, 0.1) is 6.92 Å². The molecular weight excluding hydrogens is 280 g/mol. The van der Waals surface area contributed by atoms with E-state index in [1.807, 2.05) is 30.5 Å². The lowest BCUT2D eigenvalue weighted by Gasteiger charge is -1.96. The van der Waals surface area contributed by atoms with Crippen molar-refractivity contribution in [2.45, 2.75) is 6.92 Å². The van der Waals surface area contributed by atoms with Gasteiger partial charge in [-0.25, -0.2) is 0 Å². The van der Waals surface area contributed by atoms with Crippen LogP contribution in [0.4, 0.5) is 5.88 Å². The van der Waals surface area contributed by atoms with Crippen LogP contribution in [0.15, 0.2) is 40.2 Å². The minimum absolute atomic E-state index is 0.174. The van der Waals surface area contributed by atoms with E-state index in [4.69, 9.17) is 4.52 Å². The van der Waals surface area contributed by atoms with Crippen molar-refractivity contribution in [2.75, 3.05) is 5.32 Å². The van der Waals surface area contributed by atoms with Crippen molar-refractivity contribution in [3.63, 3.8) is 0 Å². The zero-order valence-corrected chi connectivity index (χ0v) is 11.7. The van der Waals surface area contributed by atoms with Gasteiger partial charge < -0.3 is 4.52 Å². The van der Waals surface area contributed by atoms with E-state index in [2.05, 4.69) is 10.5 Å². The van der Waals surface area contributed by atoms with Gasteiger partial charge in [0.1, 0.15) is 5.69 Å². The summed E-state index contributed by atoms with van der Waals surface area (Å²) >= 11 is 3.02. The fourth-order valence-corrected chi connectivity index (χ4v) is 3.05. The van der Waals surface area contributed by atoms with Crippen molar-refractivity contribution >= 4 is 34.5 Å². The Labute approximate surface area is 117 Å². The van der Waals surface area contributed by atoms with Gasteiger partial charge in [0.05, 0.1) is 9.75 Å². The monoisotopic (exact) mass is 290 g/mol. The van der Waals surface area contributed by atoms with E-state index < -0.39 is 0 Å². The Bertz CT molecular complexity index is 698. The second kappa shape index (κ2) is 4.99. The van der Waals surface area contributed by atoms with Gasteiger partial charge in [0.25, 0.3) is 5.91 Å². The molecule has 0 radical (unpaired) electrons. The number of hydrogen-bond donors (Lipinski definition) is 1. The lowest BCUT2D eigenvalue weighted by atomic mass is 10.3. The van der Waals surface area contributed by atoms with Crippen LogP contribution in [0.2, 0.25) is 0 Å². The first-order valence-electron chi connectivity index (χ1n) is 5.61. The molecule has 0 aliphatic carbocycles. The lowest BCUT2D eigenvalue weighted by molar-refractivity contribution is 0.102. The number of nitrogens with zero attached hydrogens (tertiary/aromatic N) is 1. The van der Waals surface area contributed by atoms with Gasteiger partial charge in [0.2, 0.25) is 5.88 Å². The van der Waals surface area contributed by atoms with Crippen molar-refractivity contribution in [3.8, 4) is 10.6 Å². The molecule has 1 amide bonds. The number of rotatable bonds is 3. The number of carbonyl (C=O) groups is 1. The highest BCUT2D eigenvalue weighted by molar-refractivity contribution is 7.14. The third kappa shape index (κ3) is 2.59. The first-order valence-corrected chi connectivity index (χ1v) is 7.30. The fourth-order valence-electron chi connectivity index (χ4n) is 1.60. The molecule has 3 aromatic rings. The average molecular weight is 290 g/mol. The van der Waals surface area contributed by atoms with E-state index in [-0.39, 0.29) is 5.91 Å². The number of hydrogen-bond acceptors (Lipinski definition) is 5. The van der Waals surface area contributed by atoms with Crippen LogP contribution >= 0.6 is 22.7 Å². The molecule has 0 aliphatic rings. The predicted molar refractivity (Wildman–Crippen MR) is 76.8 cm³/mol. The van der Waals surface area contributed by atoms with E-state index in [1.54, 1.807) is 23.5 Å². The summed E-state index contributed by atoms with van der Waals surface area (Å²) in [5.41, 5.74) is 0.729. The maximum atomic E-state index is 11.9. The average Bonchev–Trinajstić information content (AvgIpc) is 3.07. The summed E-state index contributed by atoms with van der Waals surface area (Å²) in [6, 6.07) is 9.34. The van der Waals surface area contributed by atoms with E-state index in [9.17, 15) is 4.79 Å². The van der Waals surface area contributed by atoms with Crippen molar-refractivity contribution in [3.05, 3.63) is 45.5 Å². The van der Waals surface area contributed by atoms with Crippen LogP contribution in [0.25, 0.3) is 10.6 Å². The van der Waals surface area contributed by atoms with Gasteiger partial charge in [0.15, 0.2) is 0 Å². The Morgan fingerprint density at radius 3 is 2.95 bits per heavy atom. The minimum Gasteiger partial charge on any atom is -0.338 e. The van der Waals surface area contributed by atoms with E-state index in [1.165, 1.54) is 11.3 Å². The zero-order valence-electron chi connectivity index (χ0n) is 10.0. The fraction of sp³-hybridized carbons (Fsp3) is 0.0769. The first kappa shape index (κ1) is 12.1. The molecule has 0 unspecified atom stereocenters. The third-order valence-corrected chi connectivity index (χ3v) is 4.38. The molecule has 0 bridgehead atoms. The summed E-state index contributed by atoms with van der Waals surface area (Å²) in [5, 5.41) is 8.60. The Morgan fingerprint density at radius 2 is 2.26 bits per heavy atom. The molecule has 3 aromatic heterocycles. The highest BCUT2D eigenvalue weighted by atomic mass is 32.1. The second-order valence-corrected chi connectivity index (χ2v) is 6.15. The molecule has 0 saturated heterocycles. The summed E-state index contributed by atoms with van der Waals surface area (Å²) in [7, 11) is 0. The topological polar surface area (TPSA) is 55.1 Å². The van der Waals surface area contributed by atoms with Crippen LogP contribution in [0.3, 0.4) is 0 Å². The molecular formula is C13H10N2O2S2. The maximum Gasteiger partial charge on any atom is 0.268 e. The smallest absolute Gasteiger partial charge is 0.268 e. The van der Waals surface area contributed by atoms with Gasteiger partial charge in [-0.15, -0.1) is 22.7 Å². The SMILES string of the molecule is Cc1ccc(C(=O)Nc2cc(-c3cccs3)no2)s1. The molecule has 0 aliphatic heterocycles. The number of nitrogens with one attached hydrogen (secondary N) is 1. The van der Waals surface area contributed by atoms with Gasteiger partial charge in [-0.3, -0.25) is 10.1 Å². The molecule has 96 valence electrons. The van der Waals surface area contributed by atoms with E-state index >= 15 is 0 Å². The Morgan fingerprint density at radius 1 is 1.37 bits per heavy atom. The zero-order chi connectivity index (χ0) is 13.2. The molecule has 0 spiro atoms. The maximum absolute atomic E-state index is 11.9. The standard InChI is InChI=1S/C13H10N2O2S2/c1-8-4-5-11(19-8)13(16)14-12-7-9(15-17-12)10-3-2-6-18-10/h2-7H,1H3,(H,14,16). The van der Waals surface area contributed by atoms with Crippen LogP contribution < -0.4 is 5.32 Å². The molecule has 19 heavy (non-hydrogen) atoms. The first-order chi connectivity index (χ1) is 9.22. The summed E-state index contributed by atoms with van der Waals surface area (Å²) in [6.45, 7) is 1.96. The number of anilines is 1. The summed E-state index contributed by atoms with van der Waals surface area (Å²) < 4.78 is 5.12. The van der Waals surface area contributed by atoms with Gasteiger partial charge in [-0.05, 0) is 30.5 Å². The van der Waals surface area contributed by atoms with Crippen molar-refractivity contribution < 1.29 is 9.32 Å². The van der Waals surface area contributed by atoms with Crippen LogP contribution in [0.1, 0.15) is 14.5 Å². The normalized spacial score (nSPS) is 10.6. The van der Waals surface area contributed by atoms with Gasteiger partial charge >= 0.3 is 0 Å². The molecule has 0 saturated carbocycles. The Balaban J connectivity index is 1.76. The summed E-state index contributed by atoms with van der Waals surface area (Å²) in [5.74, 6) is 0.187. The lowest BCUT2D eigenvalue weighted by Crippen LogP contribution is -2.09. The second-order valence-electron chi connectivity index (χ2n) is 3.92. The van der Waals surface area contributed by atoms with Crippen LogP contribution in [0.5, 0.6) is 0 Å². The van der Waals surface area contributed by atoms with Crippen molar-refractivity contribution in [2.24, 2.45) is 0 Å². The number of amides is 1. The van der Waals surface area contributed by atoms with Crippen LogP contribution in [-0.2, 0) is 0 Å². The molecule has 0 atom stereocenters. The Hall–Kier alpha value is -1.92. The van der Waals surface area contributed by atoms with Gasteiger partial charge in [-0.2, -0.15) is 0 Å². The minimum atomic E-state index is -0.174. The highest BCUT2D eigenvalue weighted by Crippen LogP contribution is 2.26. The molecule has 3 rings (SSSR count). The molecule has 4 nitrogen and oxygen atoms in total. The number of aromatic nitrogens is 1. The van der Waals surface area contributed by atoms with Crippen LogP contribution in [-0.4, -0.2) is 11.1 Å². The molecule has 6 heteroatoms. The quantitative estimate of drug-likeness (QED) is 0.792. The molecule has 0 fully saturated rings. The number of aryl methyl sites for hydroxylation is 1. The summed E-state index contributed by atoms with van der Waals surface area (Å²) in [4.78, 5) is 14.7. The predicted octanol–water partition coefficient (Wildman–Crippen LogP) is 4.03. The highest BCUT2D eigenvalue weighted by Gasteiger charge is 2.12. The van der Waals surface area contributed by atoms with E-state index in [0.717, 1.165) is 15.4 Å². The Kier molecular flexibility index (Phi) is 3.18. The van der Waals surface area contributed by atoms with E-state index in [0.29, 0.717) is 10.8 Å². The number of thiophene rings is 2. The number of carbonyl (C=O) groups excluding carboxylic acids is 1. The largest absolute Gasteiger partial charge is 0.338 e. The third-order valence-electron chi connectivity index (χ3n) is 2.48. The van der Waals surface area contributed by atoms with Crippen molar-refractivity contribution in [1.29, 1.82) is 0 Å². The summed E-state index contributed by atoms with van der Waals surface area (Å²) in [6.07, 6.45) is 0. The van der Waals surface area contributed by atoms with Gasteiger partial charge in [-0.1, -0.05) is 11.2 Å². The van der Waals surface area contributed by atoms with Gasteiger partial charge in [0, 0.05) is 10.9 Å². The molecule has 3 heterocycles.